The Kier molecular flexibility index (Phi) is 8.37. The molecule has 1 saturated heterocycles. The van der Waals surface area contributed by atoms with Gasteiger partial charge in [-0.2, -0.15) is 0 Å². The molecule has 190 valence electrons. The summed E-state index contributed by atoms with van der Waals surface area (Å²) in [6.45, 7) is 1.36. The van der Waals surface area contributed by atoms with Crippen LogP contribution in [-0.2, 0) is 30.9 Å². The molecule has 1 atom stereocenters. The molecule has 1 aliphatic heterocycles. The predicted octanol–water partition coefficient (Wildman–Crippen LogP) is 4.04. The van der Waals surface area contributed by atoms with E-state index in [0.29, 0.717) is 12.2 Å². The summed E-state index contributed by atoms with van der Waals surface area (Å²) in [6.07, 6.45) is 8.02. The molecule has 8 nitrogen and oxygen atoms in total. The third-order valence-electron chi connectivity index (χ3n) is 5.77. The van der Waals surface area contributed by atoms with Crippen LogP contribution >= 0.6 is 0 Å². The highest BCUT2D eigenvalue weighted by Gasteiger charge is 2.18. The van der Waals surface area contributed by atoms with E-state index >= 15 is 0 Å². The Morgan fingerprint density at radius 1 is 1.17 bits per heavy atom. The number of carbonyl (C=O) groups is 1. The average Bonchev–Trinajstić information content (AvgIpc) is 3.37. The number of aromatic nitrogens is 1. The number of hydrogen-bond acceptors (Lipinski definition) is 6. The molecule has 9 heteroatoms. The molecule has 1 N–H and O–H groups in total. The summed E-state index contributed by atoms with van der Waals surface area (Å²) in [5.41, 5.74) is 5.85. The van der Waals surface area contributed by atoms with Crippen LogP contribution < -0.4 is 5.48 Å². The Balaban J connectivity index is 1.47. The average molecular weight is 510 g/mol. The fraction of sp³-hybridized carbons (Fsp3) is 0.296. The molecule has 0 spiro atoms. The summed E-state index contributed by atoms with van der Waals surface area (Å²) in [5, 5.41) is 0. The lowest BCUT2D eigenvalue weighted by Crippen LogP contribution is -2.32. The van der Waals surface area contributed by atoms with Crippen molar-refractivity contribution in [3.05, 3.63) is 84.2 Å². The Morgan fingerprint density at radius 2 is 2.00 bits per heavy atom. The maximum atomic E-state index is 13.3. The minimum Gasteiger partial charge on any atom is -0.350 e. The first-order valence-corrected chi connectivity index (χ1v) is 13.3. The van der Waals surface area contributed by atoms with E-state index in [4.69, 9.17) is 9.57 Å². The summed E-state index contributed by atoms with van der Waals surface area (Å²) in [6, 6.07) is 16.5. The first kappa shape index (κ1) is 25.8. The van der Waals surface area contributed by atoms with E-state index in [1.54, 1.807) is 24.3 Å². The molecular weight excluding hydrogens is 478 g/mol. The first-order valence-electron chi connectivity index (χ1n) is 11.8. The van der Waals surface area contributed by atoms with Gasteiger partial charge in [-0.25, -0.2) is 22.7 Å². The number of ether oxygens (including phenoxy) is 1. The highest BCUT2D eigenvalue weighted by Crippen LogP contribution is 2.27. The standard InChI is InChI=1S/C27H31N3O5S/c1-29(2)20-23-8-3-4-11-25(23)22-9-7-10-24(18-22)36(32,33)30-16-15-21(19-30)13-14-26(31)28-35-27-12-5-6-17-34-27/h3-4,7-11,13-16,18-19,27H,5-6,12,17,20H2,1-2H3,(H,28,31). The van der Waals surface area contributed by atoms with Gasteiger partial charge < -0.3 is 9.64 Å². The van der Waals surface area contributed by atoms with Crippen molar-refractivity contribution in [2.45, 2.75) is 37.0 Å². The molecule has 0 radical (unpaired) electrons. The molecule has 1 unspecified atom stereocenters. The molecule has 1 amide bonds. The van der Waals surface area contributed by atoms with E-state index in [9.17, 15) is 13.2 Å². The molecule has 0 bridgehead atoms. The van der Waals surface area contributed by atoms with Gasteiger partial charge in [0.25, 0.3) is 15.9 Å². The van der Waals surface area contributed by atoms with E-state index in [-0.39, 0.29) is 4.90 Å². The fourth-order valence-corrected chi connectivity index (χ4v) is 5.25. The van der Waals surface area contributed by atoms with Crippen molar-refractivity contribution in [3.8, 4) is 11.1 Å². The van der Waals surface area contributed by atoms with Crippen molar-refractivity contribution in [3.63, 3.8) is 0 Å². The summed E-state index contributed by atoms with van der Waals surface area (Å²) in [7, 11) is 0.178. The number of nitrogens with zero attached hydrogens (tertiary/aromatic N) is 2. The van der Waals surface area contributed by atoms with Crippen molar-refractivity contribution in [2.75, 3.05) is 20.7 Å². The molecule has 0 saturated carbocycles. The number of rotatable bonds is 9. The van der Waals surface area contributed by atoms with Gasteiger partial charge >= 0.3 is 0 Å². The number of hydrogen-bond donors (Lipinski definition) is 1. The van der Waals surface area contributed by atoms with Gasteiger partial charge in [0.15, 0.2) is 6.29 Å². The van der Waals surface area contributed by atoms with Gasteiger partial charge in [0.05, 0.1) is 4.90 Å². The van der Waals surface area contributed by atoms with E-state index < -0.39 is 22.2 Å². The van der Waals surface area contributed by atoms with Crippen LogP contribution in [0.2, 0.25) is 0 Å². The largest absolute Gasteiger partial charge is 0.350 e. The van der Waals surface area contributed by atoms with E-state index in [2.05, 4.69) is 10.4 Å². The van der Waals surface area contributed by atoms with Crippen LogP contribution in [0.3, 0.4) is 0 Å². The third-order valence-corrected chi connectivity index (χ3v) is 7.40. The fourth-order valence-electron chi connectivity index (χ4n) is 4.00. The van der Waals surface area contributed by atoms with Crippen LogP contribution in [0.4, 0.5) is 0 Å². The van der Waals surface area contributed by atoms with Gasteiger partial charge in [0, 0.05) is 38.0 Å². The lowest BCUT2D eigenvalue weighted by atomic mass is 9.99. The summed E-state index contributed by atoms with van der Waals surface area (Å²) < 4.78 is 33.2. The molecule has 1 aliphatic rings. The lowest BCUT2D eigenvalue weighted by molar-refractivity contribution is -0.198. The maximum absolute atomic E-state index is 13.3. The van der Waals surface area contributed by atoms with Crippen LogP contribution in [0.15, 0.2) is 78.0 Å². The molecule has 36 heavy (non-hydrogen) atoms. The third kappa shape index (κ3) is 6.50. The molecule has 2 heterocycles. The second-order valence-corrected chi connectivity index (χ2v) is 10.8. The maximum Gasteiger partial charge on any atom is 0.267 e. The zero-order chi connectivity index (χ0) is 25.5. The van der Waals surface area contributed by atoms with Crippen molar-refractivity contribution < 1.29 is 22.8 Å². The van der Waals surface area contributed by atoms with E-state index in [0.717, 1.165) is 46.5 Å². The second kappa shape index (κ2) is 11.7. The Bertz CT molecular complexity index is 1320. The number of amides is 1. The number of hydroxylamine groups is 1. The minimum absolute atomic E-state index is 0.185. The molecule has 1 aromatic heterocycles. The Morgan fingerprint density at radius 3 is 2.78 bits per heavy atom. The molecule has 2 aromatic carbocycles. The monoisotopic (exact) mass is 509 g/mol. The molecular formula is C27H31N3O5S. The van der Waals surface area contributed by atoms with Crippen LogP contribution in [0.5, 0.6) is 0 Å². The van der Waals surface area contributed by atoms with E-state index in [1.807, 2.05) is 44.4 Å². The Labute approximate surface area is 212 Å². The summed E-state index contributed by atoms with van der Waals surface area (Å²) in [4.78, 5) is 19.6. The van der Waals surface area contributed by atoms with Gasteiger partial charge in [0.1, 0.15) is 0 Å². The Hall–Kier alpha value is -3.24. The predicted molar refractivity (Wildman–Crippen MR) is 138 cm³/mol. The molecule has 4 rings (SSSR count). The quantitative estimate of drug-likeness (QED) is 0.346. The van der Waals surface area contributed by atoms with Gasteiger partial charge in [-0.3, -0.25) is 4.79 Å². The van der Waals surface area contributed by atoms with Gasteiger partial charge in [0.2, 0.25) is 0 Å². The van der Waals surface area contributed by atoms with Gasteiger partial charge in [-0.15, -0.1) is 0 Å². The minimum atomic E-state index is -3.82. The smallest absolute Gasteiger partial charge is 0.267 e. The highest BCUT2D eigenvalue weighted by atomic mass is 32.2. The van der Waals surface area contributed by atoms with Crippen LogP contribution in [0.1, 0.15) is 30.4 Å². The first-order chi connectivity index (χ1) is 17.3. The molecule has 1 fully saturated rings. The van der Waals surface area contributed by atoms with Crippen molar-refractivity contribution in [1.82, 2.24) is 14.4 Å². The topological polar surface area (TPSA) is 89.9 Å². The van der Waals surface area contributed by atoms with Crippen LogP contribution in [0.25, 0.3) is 17.2 Å². The SMILES string of the molecule is CN(C)Cc1ccccc1-c1cccc(S(=O)(=O)n2ccc(C=CC(=O)NOC3CCCCO3)c2)c1. The van der Waals surface area contributed by atoms with E-state index in [1.165, 1.54) is 24.5 Å². The lowest BCUT2D eigenvalue weighted by Gasteiger charge is -2.21. The number of benzene rings is 2. The molecule has 0 aliphatic carbocycles. The van der Waals surface area contributed by atoms with Gasteiger partial charge in [-0.05, 0) is 73.5 Å². The van der Waals surface area contributed by atoms with Crippen molar-refractivity contribution >= 4 is 22.0 Å². The van der Waals surface area contributed by atoms with Crippen molar-refractivity contribution in [2.24, 2.45) is 0 Å². The van der Waals surface area contributed by atoms with Crippen molar-refractivity contribution in [1.29, 1.82) is 0 Å². The van der Waals surface area contributed by atoms with Crippen LogP contribution in [-0.4, -0.2) is 50.2 Å². The normalized spacial score (nSPS) is 16.5. The molecule has 3 aromatic rings. The highest BCUT2D eigenvalue weighted by molar-refractivity contribution is 7.90. The van der Waals surface area contributed by atoms with Crippen LogP contribution in [0, 0.1) is 0 Å². The number of nitrogens with one attached hydrogen (secondary N) is 1. The summed E-state index contributed by atoms with van der Waals surface area (Å²) in [5.74, 6) is -0.455. The zero-order valence-electron chi connectivity index (χ0n) is 20.5. The second-order valence-electron chi connectivity index (χ2n) is 8.92. The van der Waals surface area contributed by atoms with Gasteiger partial charge in [-0.1, -0.05) is 36.4 Å². The summed E-state index contributed by atoms with van der Waals surface area (Å²) >= 11 is 0. The number of carbonyl (C=O) groups excluding carboxylic acids is 1. The zero-order valence-corrected chi connectivity index (χ0v) is 21.3.